The highest BCUT2D eigenvalue weighted by molar-refractivity contribution is 6.35. The Morgan fingerprint density at radius 3 is 2.83 bits per heavy atom. The Hall–Kier alpha value is -1.75. The lowest BCUT2D eigenvalue weighted by molar-refractivity contribution is 0.0491. The van der Waals surface area contributed by atoms with E-state index in [1.165, 1.54) is 6.07 Å². The molecule has 4 nitrogen and oxygen atoms in total. The van der Waals surface area contributed by atoms with Gasteiger partial charge >= 0.3 is 6.09 Å². The van der Waals surface area contributed by atoms with Crippen molar-refractivity contribution in [2.24, 2.45) is 0 Å². The van der Waals surface area contributed by atoms with Crippen LogP contribution >= 0.6 is 11.6 Å². The Balaban J connectivity index is 1.91. The number of halogens is 2. The zero-order chi connectivity index (χ0) is 16.9. The molecule has 1 aromatic heterocycles. The monoisotopic (exact) mass is 338 g/mol. The highest BCUT2D eigenvalue weighted by atomic mass is 35.5. The molecule has 2 atom stereocenters. The quantitative estimate of drug-likeness (QED) is 0.835. The van der Waals surface area contributed by atoms with Crippen molar-refractivity contribution in [1.29, 1.82) is 0 Å². The molecule has 0 saturated carbocycles. The summed E-state index contributed by atoms with van der Waals surface area (Å²) >= 11 is 6.06. The first-order valence-corrected chi connectivity index (χ1v) is 8.01. The van der Waals surface area contributed by atoms with E-state index in [9.17, 15) is 9.18 Å². The van der Waals surface area contributed by atoms with Crippen LogP contribution in [0.25, 0.3) is 10.9 Å². The van der Waals surface area contributed by atoms with Gasteiger partial charge in [0.05, 0.1) is 16.6 Å². The standard InChI is InChI=1S/C17H20ClFN2O2/c1-9-11-7-12(19)14(18)10-5-6-21(15(10)11)8-13(9)20-16(22)23-17(2,3)4/h5-7,9,13H,8H2,1-4H3,(H,20,22)/t9-,13+/m1/s1. The molecule has 0 fully saturated rings. The smallest absolute Gasteiger partial charge is 0.407 e. The molecular formula is C17H20ClFN2O2. The summed E-state index contributed by atoms with van der Waals surface area (Å²) in [6.45, 7) is 8.02. The highest BCUT2D eigenvalue weighted by Gasteiger charge is 2.31. The van der Waals surface area contributed by atoms with E-state index in [2.05, 4.69) is 5.32 Å². The summed E-state index contributed by atoms with van der Waals surface area (Å²) in [6, 6.07) is 3.11. The van der Waals surface area contributed by atoms with Gasteiger partial charge in [0.1, 0.15) is 11.4 Å². The van der Waals surface area contributed by atoms with Crippen molar-refractivity contribution < 1.29 is 13.9 Å². The number of carbonyl (C=O) groups is 1. The van der Waals surface area contributed by atoms with Crippen molar-refractivity contribution in [1.82, 2.24) is 9.88 Å². The molecule has 0 spiro atoms. The van der Waals surface area contributed by atoms with Gasteiger partial charge in [-0.1, -0.05) is 18.5 Å². The van der Waals surface area contributed by atoms with Gasteiger partial charge in [0.25, 0.3) is 0 Å². The lowest BCUT2D eigenvalue weighted by atomic mass is 9.89. The number of amides is 1. The molecule has 0 bridgehead atoms. The molecule has 1 aliphatic rings. The van der Waals surface area contributed by atoms with E-state index in [4.69, 9.17) is 16.3 Å². The van der Waals surface area contributed by atoms with Gasteiger partial charge in [-0.3, -0.25) is 0 Å². The first kappa shape index (κ1) is 16.1. The van der Waals surface area contributed by atoms with E-state index in [-0.39, 0.29) is 17.0 Å². The molecule has 1 N–H and O–H groups in total. The van der Waals surface area contributed by atoms with E-state index in [0.29, 0.717) is 11.9 Å². The Morgan fingerprint density at radius 1 is 1.48 bits per heavy atom. The van der Waals surface area contributed by atoms with E-state index >= 15 is 0 Å². The molecule has 0 aliphatic carbocycles. The van der Waals surface area contributed by atoms with Crippen LogP contribution in [0.4, 0.5) is 9.18 Å². The van der Waals surface area contributed by atoms with Crippen molar-refractivity contribution in [3.63, 3.8) is 0 Å². The SMILES string of the molecule is C[C@@H]1c2cc(F)c(Cl)c3ccn(c23)C[C@@H]1NC(=O)OC(C)(C)C. The second kappa shape index (κ2) is 5.41. The minimum atomic E-state index is -0.555. The van der Waals surface area contributed by atoms with E-state index < -0.39 is 17.5 Å². The first-order valence-electron chi connectivity index (χ1n) is 7.63. The summed E-state index contributed by atoms with van der Waals surface area (Å²) in [6.07, 6.45) is 1.41. The van der Waals surface area contributed by atoms with Crippen LogP contribution in [0.1, 0.15) is 39.2 Å². The molecule has 0 radical (unpaired) electrons. The van der Waals surface area contributed by atoms with Gasteiger partial charge in [-0.25, -0.2) is 9.18 Å². The molecule has 0 saturated heterocycles. The maximum atomic E-state index is 14.1. The Bertz CT molecular complexity index is 779. The summed E-state index contributed by atoms with van der Waals surface area (Å²) in [7, 11) is 0. The lowest BCUT2D eigenvalue weighted by Crippen LogP contribution is -2.45. The molecule has 2 heterocycles. The van der Waals surface area contributed by atoms with Gasteiger partial charge < -0.3 is 14.6 Å². The maximum Gasteiger partial charge on any atom is 0.407 e. The predicted molar refractivity (Wildman–Crippen MR) is 88.5 cm³/mol. The third-order valence-electron chi connectivity index (χ3n) is 4.15. The number of nitrogens with one attached hydrogen (secondary N) is 1. The number of aromatic nitrogens is 1. The van der Waals surface area contributed by atoms with Crippen LogP contribution in [0.3, 0.4) is 0 Å². The fraction of sp³-hybridized carbons (Fsp3) is 0.471. The Labute approximate surface area is 139 Å². The van der Waals surface area contributed by atoms with Crippen LogP contribution in [0, 0.1) is 5.82 Å². The second-order valence-electron chi connectivity index (χ2n) is 7.03. The topological polar surface area (TPSA) is 43.3 Å². The molecule has 1 aromatic carbocycles. The number of hydrogen-bond acceptors (Lipinski definition) is 2. The van der Waals surface area contributed by atoms with Gasteiger partial charge in [0.15, 0.2) is 0 Å². The van der Waals surface area contributed by atoms with Crippen molar-refractivity contribution in [2.75, 3.05) is 0 Å². The third kappa shape index (κ3) is 2.90. The summed E-state index contributed by atoms with van der Waals surface area (Å²) in [5.74, 6) is -0.476. The van der Waals surface area contributed by atoms with Gasteiger partial charge in [-0.05, 0) is 38.5 Å². The number of ether oxygens (including phenoxy) is 1. The van der Waals surface area contributed by atoms with Gasteiger partial charge in [-0.15, -0.1) is 0 Å². The molecule has 3 rings (SSSR count). The van der Waals surface area contributed by atoms with Crippen molar-refractivity contribution in [3.8, 4) is 0 Å². The fourth-order valence-electron chi connectivity index (χ4n) is 3.08. The fourth-order valence-corrected chi connectivity index (χ4v) is 3.29. The van der Waals surface area contributed by atoms with Crippen LogP contribution in [0.2, 0.25) is 5.02 Å². The average Bonchev–Trinajstić information content (AvgIpc) is 2.83. The average molecular weight is 339 g/mol. The summed E-state index contributed by atoms with van der Waals surface area (Å²) in [5.41, 5.74) is 1.23. The van der Waals surface area contributed by atoms with Crippen LogP contribution in [-0.2, 0) is 11.3 Å². The van der Waals surface area contributed by atoms with Crippen LogP contribution < -0.4 is 5.32 Å². The van der Waals surface area contributed by atoms with Crippen LogP contribution in [-0.4, -0.2) is 22.3 Å². The lowest BCUT2D eigenvalue weighted by Gasteiger charge is -2.32. The van der Waals surface area contributed by atoms with Gasteiger partial charge in [0, 0.05) is 24.0 Å². The molecule has 124 valence electrons. The molecule has 1 aliphatic heterocycles. The first-order chi connectivity index (χ1) is 10.7. The number of carbonyl (C=O) groups excluding carboxylic acids is 1. The van der Waals surface area contributed by atoms with E-state index in [0.717, 1.165) is 11.1 Å². The summed E-state index contributed by atoms with van der Waals surface area (Å²) < 4.78 is 21.4. The number of benzene rings is 1. The molecule has 0 unspecified atom stereocenters. The molecule has 6 heteroatoms. The third-order valence-corrected chi connectivity index (χ3v) is 4.54. The van der Waals surface area contributed by atoms with Crippen molar-refractivity contribution in [2.45, 2.75) is 51.8 Å². The zero-order valence-corrected chi connectivity index (χ0v) is 14.4. The van der Waals surface area contributed by atoms with Gasteiger partial charge in [-0.2, -0.15) is 0 Å². The van der Waals surface area contributed by atoms with E-state index in [1.807, 2.05) is 44.5 Å². The zero-order valence-electron chi connectivity index (χ0n) is 13.6. The number of hydrogen-bond donors (Lipinski definition) is 1. The van der Waals surface area contributed by atoms with Gasteiger partial charge in [0.2, 0.25) is 0 Å². The van der Waals surface area contributed by atoms with E-state index in [1.54, 1.807) is 0 Å². The molecule has 1 amide bonds. The predicted octanol–water partition coefficient (Wildman–Crippen LogP) is 4.44. The highest BCUT2D eigenvalue weighted by Crippen LogP contribution is 2.38. The molecule has 2 aromatic rings. The van der Waals surface area contributed by atoms with Crippen molar-refractivity contribution in [3.05, 3.63) is 34.7 Å². The molecule has 23 heavy (non-hydrogen) atoms. The normalized spacial score (nSPS) is 20.6. The molecular weight excluding hydrogens is 319 g/mol. The summed E-state index contributed by atoms with van der Waals surface area (Å²) in [4.78, 5) is 12.0. The Morgan fingerprint density at radius 2 is 2.17 bits per heavy atom. The number of alkyl carbamates (subject to hydrolysis) is 1. The Kier molecular flexibility index (Phi) is 3.79. The minimum Gasteiger partial charge on any atom is -0.444 e. The van der Waals surface area contributed by atoms with Crippen LogP contribution in [0.5, 0.6) is 0 Å². The number of rotatable bonds is 1. The largest absolute Gasteiger partial charge is 0.444 e. The summed E-state index contributed by atoms with van der Waals surface area (Å²) in [5, 5.41) is 3.75. The maximum absolute atomic E-state index is 14.1. The minimum absolute atomic E-state index is 0.0424. The van der Waals surface area contributed by atoms with Crippen LogP contribution in [0.15, 0.2) is 18.3 Å². The van der Waals surface area contributed by atoms with Crippen molar-refractivity contribution >= 4 is 28.6 Å². The second-order valence-corrected chi connectivity index (χ2v) is 7.41. The number of nitrogens with zero attached hydrogens (tertiary/aromatic N) is 1.